The second-order valence-corrected chi connectivity index (χ2v) is 9.61. The Morgan fingerprint density at radius 1 is 1.12 bits per heavy atom. The van der Waals surface area contributed by atoms with Crippen molar-refractivity contribution in [2.75, 3.05) is 16.8 Å². The number of rotatable bonds is 2. The van der Waals surface area contributed by atoms with Crippen LogP contribution < -0.4 is 15.1 Å². The molecule has 6 nitrogen and oxygen atoms in total. The third-order valence-corrected chi connectivity index (χ3v) is 6.77. The summed E-state index contributed by atoms with van der Waals surface area (Å²) in [5.74, 6) is -1.13. The van der Waals surface area contributed by atoms with Crippen LogP contribution in [-0.2, 0) is 9.59 Å². The van der Waals surface area contributed by atoms with Gasteiger partial charge in [0.1, 0.15) is 5.57 Å². The Labute approximate surface area is 192 Å². The monoisotopic (exact) mass is 451 g/mol. The first-order valence-corrected chi connectivity index (χ1v) is 10.9. The molecule has 1 atom stereocenters. The molecule has 4 rings (SSSR count). The first kappa shape index (κ1) is 22.1. The molecule has 0 spiro atoms. The lowest BCUT2D eigenvalue weighted by atomic mass is 9.80. The van der Waals surface area contributed by atoms with Crippen molar-refractivity contribution < 1.29 is 14.4 Å². The van der Waals surface area contributed by atoms with Crippen molar-refractivity contribution in [2.45, 2.75) is 45.6 Å². The van der Waals surface area contributed by atoms with E-state index in [2.05, 4.69) is 31.0 Å². The summed E-state index contributed by atoms with van der Waals surface area (Å²) in [5.41, 5.74) is 3.96. The molecule has 0 aromatic heterocycles. The Balaban J connectivity index is 1.77. The molecular formula is C25H26ClN3O3. The van der Waals surface area contributed by atoms with Gasteiger partial charge >= 0.3 is 6.03 Å². The molecule has 2 aliphatic heterocycles. The number of barbiturate groups is 1. The summed E-state index contributed by atoms with van der Waals surface area (Å²) < 4.78 is 0. The number of hydrogen-bond acceptors (Lipinski definition) is 4. The number of halogens is 1. The fraction of sp³-hybridized carbons (Fsp3) is 0.320. The Hall–Kier alpha value is -3.12. The number of fused-ring (bicyclic) bond motifs is 1. The fourth-order valence-electron chi connectivity index (χ4n) is 4.46. The van der Waals surface area contributed by atoms with E-state index in [4.69, 9.17) is 11.6 Å². The van der Waals surface area contributed by atoms with Gasteiger partial charge in [-0.05, 0) is 74.6 Å². The first-order valence-electron chi connectivity index (χ1n) is 10.5. The van der Waals surface area contributed by atoms with E-state index in [9.17, 15) is 14.4 Å². The number of imide groups is 2. The van der Waals surface area contributed by atoms with Crippen LogP contribution in [0.5, 0.6) is 0 Å². The van der Waals surface area contributed by atoms with Crippen LogP contribution in [0.15, 0.2) is 42.0 Å². The van der Waals surface area contributed by atoms with E-state index in [-0.39, 0.29) is 17.0 Å². The summed E-state index contributed by atoms with van der Waals surface area (Å²) in [6.07, 6.45) is 2.43. The Morgan fingerprint density at radius 3 is 2.44 bits per heavy atom. The molecular weight excluding hydrogens is 426 g/mol. The molecule has 1 saturated heterocycles. The van der Waals surface area contributed by atoms with E-state index in [1.807, 2.05) is 26.1 Å². The van der Waals surface area contributed by atoms with Gasteiger partial charge in [0.25, 0.3) is 11.8 Å². The second-order valence-electron chi connectivity index (χ2n) is 9.20. The number of hydrogen-bond donors (Lipinski definition) is 1. The quantitative estimate of drug-likeness (QED) is 0.513. The third kappa shape index (κ3) is 3.69. The second kappa shape index (κ2) is 7.78. The molecule has 2 aliphatic rings. The number of carbonyl (C=O) groups is 3. The first-order chi connectivity index (χ1) is 15.0. The van der Waals surface area contributed by atoms with Crippen molar-refractivity contribution >= 4 is 46.9 Å². The molecule has 1 fully saturated rings. The number of nitrogens with one attached hydrogen (secondary N) is 1. The maximum absolute atomic E-state index is 13.2. The average molecular weight is 452 g/mol. The van der Waals surface area contributed by atoms with Crippen LogP contribution in [-0.4, -0.2) is 30.4 Å². The van der Waals surface area contributed by atoms with Gasteiger partial charge in [0.15, 0.2) is 0 Å². The van der Waals surface area contributed by atoms with Crippen molar-refractivity contribution in [1.82, 2.24) is 5.32 Å². The van der Waals surface area contributed by atoms with Gasteiger partial charge < -0.3 is 4.90 Å². The normalized spacial score (nSPS) is 21.6. The third-order valence-electron chi connectivity index (χ3n) is 6.45. The zero-order valence-corrected chi connectivity index (χ0v) is 19.6. The van der Waals surface area contributed by atoms with Crippen LogP contribution in [0.1, 0.15) is 49.8 Å². The summed E-state index contributed by atoms with van der Waals surface area (Å²) in [6, 6.07) is 10.0. The molecule has 0 saturated carbocycles. The number of amides is 4. The zero-order valence-electron chi connectivity index (χ0n) is 18.8. The van der Waals surface area contributed by atoms with Crippen molar-refractivity contribution in [3.8, 4) is 0 Å². The predicted octanol–water partition coefficient (Wildman–Crippen LogP) is 5.04. The van der Waals surface area contributed by atoms with E-state index in [0.717, 1.165) is 28.1 Å². The van der Waals surface area contributed by atoms with Gasteiger partial charge in [-0.25, -0.2) is 9.69 Å². The number of benzene rings is 2. The van der Waals surface area contributed by atoms with Crippen LogP contribution in [0.2, 0.25) is 5.02 Å². The number of carbonyl (C=O) groups excluding carboxylic acids is 3. The van der Waals surface area contributed by atoms with Crippen molar-refractivity contribution in [3.05, 3.63) is 63.7 Å². The summed E-state index contributed by atoms with van der Waals surface area (Å²) in [5, 5.41) is 2.70. The highest BCUT2D eigenvalue weighted by Crippen LogP contribution is 2.44. The molecule has 1 unspecified atom stereocenters. The molecule has 32 heavy (non-hydrogen) atoms. The van der Waals surface area contributed by atoms with Crippen LogP contribution in [0.4, 0.5) is 16.2 Å². The lowest BCUT2D eigenvalue weighted by Crippen LogP contribution is -2.54. The van der Waals surface area contributed by atoms with E-state index in [1.165, 1.54) is 6.08 Å². The Morgan fingerprint density at radius 2 is 1.78 bits per heavy atom. The number of nitrogens with zero attached hydrogens (tertiary/aromatic N) is 2. The Bertz CT molecular complexity index is 1170. The minimum atomic E-state index is -0.769. The van der Waals surface area contributed by atoms with Crippen LogP contribution in [0.25, 0.3) is 6.08 Å². The minimum absolute atomic E-state index is 0.0101. The Kier molecular flexibility index (Phi) is 5.37. The van der Waals surface area contributed by atoms with Gasteiger partial charge in [0.2, 0.25) is 0 Å². The number of aryl methyl sites for hydroxylation is 1. The van der Waals surface area contributed by atoms with Gasteiger partial charge in [-0.15, -0.1) is 0 Å². The minimum Gasteiger partial charge on any atom is -0.369 e. The molecule has 0 aliphatic carbocycles. The molecule has 0 bridgehead atoms. The highest BCUT2D eigenvalue weighted by atomic mass is 35.5. The molecule has 2 aromatic rings. The molecule has 7 heteroatoms. The van der Waals surface area contributed by atoms with E-state index in [1.54, 1.807) is 24.3 Å². The number of anilines is 2. The molecule has 0 radical (unpaired) electrons. The van der Waals surface area contributed by atoms with Gasteiger partial charge in [-0.1, -0.05) is 36.2 Å². The SMILES string of the molecule is Cc1ccc(N2C(=O)NC(=O)/C(=C\c3cc4c(cc3Cl)N(C)C(C)(C)CC4C)C2=O)cc1. The summed E-state index contributed by atoms with van der Waals surface area (Å²) in [4.78, 5) is 41.3. The molecule has 4 amide bonds. The largest absolute Gasteiger partial charge is 0.369 e. The van der Waals surface area contributed by atoms with E-state index < -0.39 is 17.8 Å². The van der Waals surface area contributed by atoms with Crippen LogP contribution >= 0.6 is 11.6 Å². The predicted molar refractivity (Wildman–Crippen MR) is 127 cm³/mol. The average Bonchev–Trinajstić information content (AvgIpc) is 2.71. The maximum Gasteiger partial charge on any atom is 0.335 e. The molecule has 2 heterocycles. The maximum atomic E-state index is 13.2. The van der Waals surface area contributed by atoms with E-state index in [0.29, 0.717) is 16.3 Å². The van der Waals surface area contributed by atoms with Crippen molar-refractivity contribution in [2.24, 2.45) is 0 Å². The summed E-state index contributed by atoms with van der Waals surface area (Å²) >= 11 is 6.59. The summed E-state index contributed by atoms with van der Waals surface area (Å²) in [6.45, 7) is 8.46. The smallest absolute Gasteiger partial charge is 0.335 e. The zero-order chi connectivity index (χ0) is 23.4. The summed E-state index contributed by atoms with van der Waals surface area (Å²) in [7, 11) is 2.04. The van der Waals surface area contributed by atoms with Crippen LogP contribution in [0.3, 0.4) is 0 Å². The highest BCUT2D eigenvalue weighted by Gasteiger charge is 2.38. The van der Waals surface area contributed by atoms with Gasteiger partial charge in [0, 0.05) is 23.3 Å². The van der Waals surface area contributed by atoms with E-state index >= 15 is 0 Å². The molecule has 2 aromatic carbocycles. The molecule has 166 valence electrons. The number of urea groups is 1. The van der Waals surface area contributed by atoms with Crippen LogP contribution in [0, 0.1) is 6.92 Å². The topological polar surface area (TPSA) is 69.7 Å². The van der Waals surface area contributed by atoms with Gasteiger partial charge in [-0.2, -0.15) is 0 Å². The molecule has 1 N–H and O–H groups in total. The lowest BCUT2D eigenvalue weighted by molar-refractivity contribution is -0.122. The standard InChI is InChI=1S/C25H26ClN3O3/c1-14-6-8-17(9-7-14)29-23(31)19(22(30)27-24(29)32)11-16-10-18-15(2)13-25(3,4)28(5)21(18)12-20(16)26/h6-12,15H,13H2,1-5H3,(H,27,30,32)/b19-11+. The van der Waals surface area contributed by atoms with Gasteiger partial charge in [0.05, 0.1) is 5.69 Å². The van der Waals surface area contributed by atoms with Gasteiger partial charge in [-0.3, -0.25) is 14.9 Å². The lowest BCUT2D eigenvalue weighted by Gasteiger charge is -2.45. The van der Waals surface area contributed by atoms with Crippen molar-refractivity contribution in [3.63, 3.8) is 0 Å². The fourth-order valence-corrected chi connectivity index (χ4v) is 4.67. The van der Waals surface area contributed by atoms with Crippen molar-refractivity contribution in [1.29, 1.82) is 0 Å². The highest BCUT2D eigenvalue weighted by molar-refractivity contribution is 6.40.